The Morgan fingerprint density at radius 1 is 1.08 bits per heavy atom. The van der Waals surface area contributed by atoms with Gasteiger partial charge in [0.2, 0.25) is 0 Å². The van der Waals surface area contributed by atoms with Crippen molar-refractivity contribution in [2.75, 3.05) is 16.8 Å². The van der Waals surface area contributed by atoms with Crippen molar-refractivity contribution >= 4 is 34.6 Å². The Labute approximate surface area is 151 Å². The molecule has 128 valence electrons. The first-order valence-corrected chi connectivity index (χ1v) is 8.35. The summed E-state index contributed by atoms with van der Waals surface area (Å²) in [6.45, 7) is 4.67. The molecule has 3 aromatic rings. The monoisotopic (exact) mass is 356 g/mol. The summed E-state index contributed by atoms with van der Waals surface area (Å²) in [6.07, 6.45) is 0. The third-order valence-corrected chi connectivity index (χ3v) is 3.97. The molecule has 0 spiro atoms. The predicted octanol–water partition coefficient (Wildman–Crippen LogP) is 5.48. The molecule has 0 bridgehead atoms. The highest BCUT2D eigenvalue weighted by atomic mass is 35.5. The molecule has 1 aromatic heterocycles. The molecule has 1 heterocycles. The Morgan fingerprint density at radius 2 is 1.84 bits per heavy atom. The quantitative estimate of drug-likeness (QED) is 0.657. The normalized spacial score (nSPS) is 10.6. The van der Waals surface area contributed by atoms with E-state index < -0.39 is 5.82 Å². The molecule has 6 heteroatoms. The van der Waals surface area contributed by atoms with E-state index in [0.29, 0.717) is 17.3 Å². The second-order valence-corrected chi connectivity index (χ2v) is 5.90. The Balaban J connectivity index is 1.93. The molecule has 0 atom stereocenters. The number of aromatic nitrogens is 2. The van der Waals surface area contributed by atoms with Crippen molar-refractivity contribution in [1.29, 1.82) is 0 Å². The number of nitrogens with one attached hydrogen (secondary N) is 1. The summed E-state index contributed by atoms with van der Waals surface area (Å²) in [7, 11) is 0. The van der Waals surface area contributed by atoms with Crippen LogP contribution in [0.1, 0.15) is 12.7 Å². The second kappa shape index (κ2) is 7.49. The first kappa shape index (κ1) is 17.2. The summed E-state index contributed by atoms with van der Waals surface area (Å²) in [6, 6.07) is 16.4. The molecule has 0 fully saturated rings. The topological polar surface area (TPSA) is 41.0 Å². The Bertz CT molecular complexity index is 871. The summed E-state index contributed by atoms with van der Waals surface area (Å²) in [5.41, 5.74) is 1.72. The molecule has 4 nitrogen and oxygen atoms in total. The summed E-state index contributed by atoms with van der Waals surface area (Å²) >= 11 is 5.84. The van der Waals surface area contributed by atoms with Crippen LogP contribution in [0.2, 0.25) is 5.02 Å². The van der Waals surface area contributed by atoms with Gasteiger partial charge >= 0.3 is 0 Å². The van der Waals surface area contributed by atoms with E-state index in [1.165, 1.54) is 12.1 Å². The van der Waals surface area contributed by atoms with Gasteiger partial charge in [0.1, 0.15) is 23.3 Å². The van der Waals surface area contributed by atoms with Crippen LogP contribution >= 0.6 is 11.6 Å². The molecule has 2 aromatic carbocycles. The SMILES string of the molecule is CCN(c1ccccc1)c1cc(Nc2ccc(F)c(Cl)c2)nc(C)n1. The number of rotatable bonds is 5. The van der Waals surface area contributed by atoms with Crippen LogP contribution in [0.4, 0.5) is 27.4 Å². The molecule has 0 aliphatic heterocycles. The molecule has 0 aliphatic carbocycles. The van der Waals surface area contributed by atoms with E-state index in [0.717, 1.165) is 18.1 Å². The largest absolute Gasteiger partial charge is 0.340 e. The molecular weight excluding hydrogens is 339 g/mol. The van der Waals surface area contributed by atoms with Gasteiger partial charge in [-0.2, -0.15) is 0 Å². The minimum atomic E-state index is -0.451. The molecule has 3 rings (SSSR count). The number of benzene rings is 2. The van der Waals surface area contributed by atoms with Crippen molar-refractivity contribution in [2.45, 2.75) is 13.8 Å². The van der Waals surface area contributed by atoms with Gasteiger partial charge in [-0.3, -0.25) is 0 Å². The summed E-state index contributed by atoms with van der Waals surface area (Å²) in [4.78, 5) is 11.0. The summed E-state index contributed by atoms with van der Waals surface area (Å²) in [5, 5.41) is 3.22. The van der Waals surface area contributed by atoms with Gasteiger partial charge in [0.15, 0.2) is 0 Å². The molecule has 0 saturated carbocycles. The van der Waals surface area contributed by atoms with Crippen LogP contribution in [-0.2, 0) is 0 Å². The van der Waals surface area contributed by atoms with Crippen LogP contribution in [0, 0.1) is 12.7 Å². The number of halogens is 2. The Kier molecular flexibility index (Phi) is 5.14. The molecule has 0 unspecified atom stereocenters. The Hall–Kier alpha value is -2.66. The zero-order valence-corrected chi connectivity index (χ0v) is 14.8. The van der Waals surface area contributed by atoms with Crippen molar-refractivity contribution in [3.63, 3.8) is 0 Å². The molecule has 25 heavy (non-hydrogen) atoms. The number of hydrogen-bond acceptors (Lipinski definition) is 4. The van der Waals surface area contributed by atoms with Crippen LogP contribution in [0.15, 0.2) is 54.6 Å². The maximum absolute atomic E-state index is 13.3. The van der Waals surface area contributed by atoms with Crippen molar-refractivity contribution < 1.29 is 4.39 Å². The van der Waals surface area contributed by atoms with Crippen LogP contribution in [0.25, 0.3) is 0 Å². The maximum Gasteiger partial charge on any atom is 0.141 e. The standard InChI is InChI=1S/C19H18ClFN4/c1-3-25(15-7-5-4-6-8-15)19-12-18(22-13(2)23-19)24-14-9-10-17(21)16(20)11-14/h4-12H,3H2,1-2H3,(H,22,23,24). The zero-order valence-electron chi connectivity index (χ0n) is 14.0. The van der Waals surface area contributed by atoms with Gasteiger partial charge in [-0.05, 0) is 44.2 Å². The highest BCUT2D eigenvalue weighted by molar-refractivity contribution is 6.31. The van der Waals surface area contributed by atoms with E-state index in [2.05, 4.69) is 27.1 Å². The molecule has 0 saturated heterocycles. The lowest BCUT2D eigenvalue weighted by molar-refractivity contribution is 0.628. The number of para-hydroxylation sites is 1. The van der Waals surface area contributed by atoms with E-state index in [9.17, 15) is 4.39 Å². The van der Waals surface area contributed by atoms with Crippen LogP contribution < -0.4 is 10.2 Å². The number of hydrogen-bond donors (Lipinski definition) is 1. The predicted molar refractivity (Wildman–Crippen MR) is 101 cm³/mol. The lowest BCUT2D eigenvalue weighted by atomic mass is 10.2. The van der Waals surface area contributed by atoms with Gasteiger partial charge in [-0.25, -0.2) is 14.4 Å². The first-order valence-electron chi connectivity index (χ1n) is 7.97. The number of aryl methyl sites for hydroxylation is 1. The van der Waals surface area contributed by atoms with Gasteiger partial charge < -0.3 is 10.2 Å². The van der Waals surface area contributed by atoms with E-state index in [-0.39, 0.29) is 5.02 Å². The maximum atomic E-state index is 13.3. The highest BCUT2D eigenvalue weighted by Crippen LogP contribution is 2.27. The second-order valence-electron chi connectivity index (χ2n) is 5.49. The van der Waals surface area contributed by atoms with Crippen molar-refractivity contribution in [2.24, 2.45) is 0 Å². The van der Waals surface area contributed by atoms with Crippen LogP contribution in [-0.4, -0.2) is 16.5 Å². The molecule has 0 aliphatic rings. The minimum absolute atomic E-state index is 0.0653. The van der Waals surface area contributed by atoms with Gasteiger partial charge in [0.05, 0.1) is 5.02 Å². The molecule has 0 amide bonds. The Morgan fingerprint density at radius 3 is 2.52 bits per heavy atom. The first-order chi connectivity index (χ1) is 12.1. The van der Waals surface area contributed by atoms with Crippen LogP contribution in [0.3, 0.4) is 0 Å². The fourth-order valence-corrected chi connectivity index (χ4v) is 2.74. The van der Waals surface area contributed by atoms with Crippen molar-refractivity contribution in [3.8, 4) is 0 Å². The van der Waals surface area contributed by atoms with Gasteiger partial charge in [-0.1, -0.05) is 29.8 Å². The highest BCUT2D eigenvalue weighted by Gasteiger charge is 2.11. The third-order valence-electron chi connectivity index (χ3n) is 3.68. The summed E-state index contributed by atoms with van der Waals surface area (Å²) < 4.78 is 13.3. The smallest absolute Gasteiger partial charge is 0.141 e. The lowest BCUT2D eigenvalue weighted by Gasteiger charge is -2.23. The number of anilines is 4. The fraction of sp³-hybridized carbons (Fsp3) is 0.158. The minimum Gasteiger partial charge on any atom is -0.340 e. The van der Waals surface area contributed by atoms with Gasteiger partial charge in [-0.15, -0.1) is 0 Å². The number of nitrogens with zero attached hydrogens (tertiary/aromatic N) is 3. The molecular formula is C19H18ClFN4. The van der Waals surface area contributed by atoms with E-state index in [4.69, 9.17) is 11.6 Å². The average Bonchev–Trinajstić information content (AvgIpc) is 2.59. The lowest BCUT2D eigenvalue weighted by Crippen LogP contribution is -2.18. The van der Waals surface area contributed by atoms with Gasteiger partial charge in [0.25, 0.3) is 0 Å². The van der Waals surface area contributed by atoms with E-state index in [1.807, 2.05) is 43.3 Å². The van der Waals surface area contributed by atoms with Crippen LogP contribution in [0.5, 0.6) is 0 Å². The van der Waals surface area contributed by atoms with Gasteiger partial charge in [0, 0.05) is 24.0 Å². The zero-order chi connectivity index (χ0) is 17.8. The average molecular weight is 357 g/mol. The van der Waals surface area contributed by atoms with E-state index in [1.54, 1.807) is 6.07 Å². The molecule has 1 N–H and O–H groups in total. The third kappa shape index (κ3) is 4.06. The van der Waals surface area contributed by atoms with Crippen molar-refractivity contribution in [1.82, 2.24) is 9.97 Å². The van der Waals surface area contributed by atoms with E-state index >= 15 is 0 Å². The molecule has 0 radical (unpaired) electrons. The summed E-state index contributed by atoms with van der Waals surface area (Å²) in [5.74, 6) is 1.60. The van der Waals surface area contributed by atoms with Crippen molar-refractivity contribution in [3.05, 3.63) is 71.3 Å². The fourth-order valence-electron chi connectivity index (χ4n) is 2.56.